The molecule has 12 heavy (non-hydrogen) atoms. The van der Waals surface area contributed by atoms with Gasteiger partial charge < -0.3 is 16.2 Å². The number of nitrogens with two attached hydrogens (primary N) is 1. The van der Waals surface area contributed by atoms with E-state index in [4.69, 9.17) is 5.73 Å². The Kier molecular flexibility index (Phi) is 5.46. The fourth-order valence-electron chi connectivity index (χ4n) is 0.773. The van der Waals surface area contributed by atoms with Crippen molar-refractivity contribution in [2.75, 3.05) is 19.6 Å². The third-order valence-electron chi connectivity index (χ3n) is 2.28. The van der Waals surface area contributed by atoms with Crippen LogP contribution in [-0.4, -0.2) is 30.3 Å². The van der Waals surface area contributed by atoms with E-state index < -0.39 is 5.60 Å². The lowest BCUT2D eigenvalue weighted by Crippen LogP contribution is -2.42. The Labute approximate surface area is 75.3 Å². The van der Waals surface area contributed by atoms with E-state index in [1.54, 1.807) is 0 Å². The maximum Gasteiger partial charge on any atom is 0.0766 e. The Morgan fingerprint density at radius 3 is 2.50 bits per heavy atom. The van der Waals surface area contributed by atoms with Gasteiger partial charge in [-0.2, -0.15) is 0 Å². The minimum atomic E-state index is -0.603. The van der Waals surface area contributed by atoms with Crippen LogP contribution in [0.1, 0.15) is 27.2 Å². The molecule has 0 aromatic heterocycles. The maximum atomic E-state index is 9.80. The second-order valence-electron chi connectivity index (χ2n) is 3.83. The van der Waals surface area contributed by atoms with Gasteiger partial charge in [-0.15, -0.1) is 0 Å². The summed E-state index contributed by atoms with van der Waals surface area (Å²) in [5.41, 5.74) is 4.73. The van der Waals surface area contributed by atoms with Crippen LogP contribution in [0.2, 0.25) is 0 Å². The average Bonchev–Trinajstić information content (AvgIpc) is 1.98. The van der Waals surface area contributed by atoms with Gasteiger partial charge in [0.1, 0.15) is 0 Å². The smallest absolute Gasteiger partial charge is 0.0766 e. The van der Waals surface area contributed by atoms with Crippen molar-refractivity contribution < 1.29 is 5.11 Å². The molecule has 74 valence electrons. The van der Waals surface area contributed by atoms with E-state index in [0.29, 0.717) is 13.1 Å². The molecular weight excluding hydrogens is 152 g/mol. The van der Waals surface area contributed by atoms with Crippen molar-refractivity contribution in [1.82, 2.24) is 5.32 Å². The largest absolute Gasteiger partial charge is 0.389 e. The van der Waals surface area contributed by atoms with Gasteiger partial charge in [0.15, 0.2) is 0 Å². The molecule has 0 fully saturated rings. The van der Waals surface area contributed by atoms with E-state index in [1.807, 2.05) is 20.8 Å². The minimum Gasteiger partial charge on any atom is -0.389 e. The van der Waals surface area contributed by atoms with Gasteiger partial charge in [0.25, 0.3) is 0 Å². The standard InChI is InChI=1S/C9H22N2O/c1-8(2)9(3,12)7-11-6-4-5-10/h8,11-12H,4-7,10H2,1-3H3. The molecule has 4 N–H and O–H groups in total. The molecule has 0 saturated carbocycles. The molecule has 0 aliphatic carbocycles. The zero-order valence-electron chi connectivity index (χ0n) is 8.43. The molecular formula is C9H22N2O. The normalized spacial score (nSPS) is 16.5. The highest BCUT2D eigenvalue weighted by atomic mass is 16.3. The Balaban J connectivity index is 3.47. The summed E-state index contributed by atoms with van der Waals surface area (Å²) in [6.07, 6.45) is 0.966. The second kappa shape index (κ2) is 5.51. The van der Waals surface area contributed by atoms with Crippen molar-refractivity contribution in [3.63, 3.8) is 0 Å². The molecule has 0 amide bonds. The fourth-order valence-corrected chi connectivity index (χ4v) is 0.773. The first-order valence-corrected chi connectivity index (χ1v) is 4.64. The molecule has 0 bridgehead atoms. The lowest BCUT2D eigenvalue weighted by molar-refractivity contribution is 0.0144. The fraction of sp³-hybridized carbons (Fsp3) is 1.00. The molecule has 0 spiro atoms. The number of aliphatic hydroxyl groups is 1. The van der Waals surface area contributed by atoms with Crippen LogP contribution in [0.15, 0.2) is 0 Å². The molecule has 0 rings (SSSR count). The third kappa shape index (κ3) is 4.70. The molecule has 1 unspecified atom stereocenters. The summed E-state index contributed by atoms with van der Waals surface area (Å²) < 4.78 is 0. The number of rotatable bonds is 6. The predicted octanol–water partition coefficient (Wildman–Crippen LogP) is 0.332. The van der Waals surface area contributed by atoms with Gasteiger partial charge in [0, 0.05) is 6.54 Å². The molecule has 1 atom stereocenters. The van der Waals surface area contributed by atoms with Gasteiger partial charge in [-0.3, -0.25) is 0 Å². The molecule has 0 aliphatic rings. The van der Waals surface area contributed by atoms with Crippen molar-refractivity contribution in [3.8, 4) is 0 Å². The number of nitrogens with one attached hydrogen (secondary N) is 1. The van der Waals surface area contributed by atoms with E-state index >= 15 is 0 Å². The first-order chi connectivity index (χ1) is 5.50. The monoisotopic (exact) mass is 174 g/mol. The molecule has 0 aromatic carbocycles. The van der Waals surface area contributed by atoms with Crippen LogP contribution in [0.25, 0.3) is 0 Å². The maximum absolute atomic E-state index is 9.80. The summed E-state index contributed by atoms with van der Waals surface area (Å²) in [6.45, 7) is 8.13. The summed E-state index contributed by atoms with van der Waals surface area (Å²) in [7, 11) is 0. The van der Waals surface area contributed by atoms with Gasteiger partial charge in [0.2, 0.25) is 0 Å². The third-order valence-corrected chi connectivity index (χ3v) is 2.28. The van der Waals surface area contributed by atoms with E-state index in [-0.39, 0.29) is 5.92 Å². The van der Waals surface area contributed by atoms with Crippen LogP contribution >= 0.6 is 0 Å². The van der Waals surface area contributed by atoms with Crippen LogP contribution < -0.4 is 11.1 Å². The zero-order valence-corrected chi connectivity index (χ0v) is 8.43. The summed E-state index contributed by atoms with van der Waals surface area (Å²) in [4.78, 5) is 0. The Morgan fingerprint density at radius 1 is 1.50 bits per heavy atom. The highest BCUT2D eigenvalue weighted by Gasteiger charge is 2.23. The molecule has 0 heterocycles. The average molecular weight is 174 g/mol. The summed E-state index contributed by atoms with van der Waals surface area (Å²) in [5.74, 6) is 0.280. The van der Waals surface area contributed by atoms with Crippen LogP contribution in [0.4, 0.5) is 0 Å². The Hall–Kier alpha value is -0.120. The van der Waals surface area contributed by atoms with Gasteiger partial charge in [-0.05, 0) is 32.4 Å². The zero-order chi connectivity index (χ0) is 9.61. The minimum absolute atomic E-state index is 0.280. The van der Waals surface area contributed by atoms with Crippen LogP contribution in [-0.2, 0) is 0 Å². The van der Waals surface area contributed by atoms with Crippen molar-refractivity contribution in [2.45, 2.75) is 32.8 Å². The molecule has 0 aromatic rings. The highest BCUT2D eigenvalue weighted by molar-refractivity contribution is 4.78. The first kappa shape index (κ1) is 11.9. The lowest BCUT2D eigenvalue weighted by atomic mass is 9.92. The van der Waals surface area contributed by atoms with Gasteiger partial charge in [0.05, 0.1) is 5.60 Å². The number of hydrogen-bond acceptors (Lipinski definition) is 3. The topological polar surface area (TPSA) is 58.3 Å². The van der Waals surface area contributed by atoms with Crippen LogP contribution in [0, 0.1) is 5.92 Å². The summed E-state index contributed by atoms with van der Waals surface area (Å²) in [6, 6.07) is 0. The molecule has 3 heteroatoms. The summed E-state index contributed by atoms with van der Waals surface area (Å²) in [5, 5.41) is 13.0. The van der Waals surface area contributed by atoms with E-state index in [2.05, 4.69) is 5.32 Å². The molecule has 3 nitrogen and oxygen atoms in total. The highest BCUT2D eigenvalue weighted by Crippen LogP contribution is 2.14. The summed E-state index contributed by atoms with van der Waals surface area (Å²) >= 11 is 0. The first-order valence-electron chi connectivity index (χ1n) is 4.64. The van der Waals surface area contributed by atoms with E-state index in [1.165, 1.54) is 0 Å². The second-order valence-corrected chi connectivity index (χ2v) is 3.83. The quantitative estimate of drug-likeness (QED) is 0.509. The van der Waals surface area contributed by atoms with Crippen LogP contribution in [0.5, 0.6) is 0 Å². The van der Waals surface area contributed by atoms with Crippen LogP contribution in [0.3, 0.4) is 0 Å². The van der Waals surface area contributed by atoms with E-state index in [0.717, 1.165) is 13.0 Å². The Morgan fingerprint density at radius 2 is 2.08 bits per heavy atom. The SMILES string of the molecule is CC(C)C(C)(O)CNCCCN. The van der Waals surface area contributed by atoms with Gasteiger partial charge in [-0.25, -0.2) is 0 Å². The molecule has 0 radical (unpaired) electrons. The van der Waals surface area contributed by atoms with Crippen molar-refractivity contribution >= 4 is 0 Å². The van der Waals surface area contributed by atoms with E-state index in [9.17, 15) is 5.11 Å². The van der Waals surface area contributed by atoms with Crippen molar-refractivity contribution in [3.05, 3.63) is 0 Å². The molecule has 0 saturated heterocycles. The van der Waals surface area contributed by atoms with Crippen molar-refractivity contribution in [1.29, 1.82) is 0 Å². The van der Waals surface area contributed by atoms with Crippen molar-refractivity contribution in [2.24, 2.45) is 11.7 Å². The predicted molar refractivity (Wildman–Crippen MR) is 52.0 cm³/mol. The Bertz CT molecular complexity index is 113. The molecule has 0 aliphatic heterocycles. The number of hydrogen-bond donors (Lipinski definition) is 3. The van der Waals surface area contributed by atoms with Gasteiger partial charge in [-0.1, -0.05) is 13.8 Å². The lowest BCUT2D eigenvalue weighted by Gasteiger charge is -2.27. The van der Waals surface area contributed by atoms with Gasteiger partial charge >= 0.3 is 0 Å².